The first-order chi connectivity index (χ1) is 9.79. The number of imidazole rings is 1. The Morgan fingerprint density at radius 1 is 1.30 bits per heavy atom. The third kappa shape index (κ3) is 2.18. The number of aryl methyl sites for hydroxylation is 1. The van der Waals surface area contributed by atoms with E-state index in [0.29, 0.717) is 6.04 Å². The maximum Gasteiger partial charge on any atom is 0.209 e. The molecular formula is C13H14N6S. The summed E-state index contributed by atoms with van der Waals surface area (Å²) in [5.41, 5.74) is 3.26. The van der Waals surface area contributed by atoms with Crippen molar-refractivity contribution < 1.29 is 0 Å². The summed E-state index contributed by atoms with van der Waals surface area (Å²) >= 11 is 1.65. The number of fused-ring (bicyclic) bond motifs is 1. The number of hydrogen-bond acceptors (Lipinski definition) is 5. The Balaban J connectivity index is 1.53. The summed E-state index contributed by atoms with van der Waals surface area (Å²) < 4.78 is 4.00. The van der Waals surface area contributed by atoms with E-state index in [0.717, 1.165) is 22.3 Å². The quantitative estimate of drug-likeness (QED) is 0.688. The molecular weight excluding hydrogens is 272 g/mol. The molecule has 6 nitrogen and oxygen atoms in total. The van der Waals surface area contributed by atoms with Gasteiger partial charge in [0.15, 0.2) is 0 Å². The van der Waals surface area contributed by atoms with Gasteiger partial charge in [-0.05, 0) is 41.8 Å². The number of nitrogens with zero attached hydrogens (tertiary/aromatic N) is 6. The van der Waals surface area contributed by atoms with E-state index in [9.17, 15) is 0 Å². The third-order valence-corrected chi connectivity index (χ3v) is 4.32. The molecule has 102 valence electrons. The predicted molar refractivity (Wildman–Crippen MR) is 75.6 cm³/mol. The molecule has 3 aromatic heterocycles. The number of hydrogen-bond donors (Lipinski definition) is 0. The van der Waals surface area contributed by atoms with Gasteiger partial charge in [-0.15, -0.1) is 5.10 Å². The van der Waals surface area contributed by atoms with Gasteiger partial charge in [-0.25, -0.2) is 9.67 Å². The minimum Gasteiger partial charge on any atom is -0.307 e. The molecule has 7 heteroatoms. The van der Waals surface area contributed by atoms with E-state index in [4.69, 9.17) is 0 Å². The molecule has 0 bridgehead atoms. The molecule has 3 heterocycles. The minimum atomic E-state index is 0.510. The minimum absolute atomic E-state index is 0.510. The van der Waals surface area contributed by atoms with E-state index in [2.05, 4.69) is 50.3 Å². The van der Waals surface area contributed by atoms with Crippen LogP contribution in [0.5, 0.6) is 0 Å². The fraction of sp³-hybridized carbons (Fsp3) is 0.385. The van der Waals surface area contributed by atoms with Crippen LogP contribution in [0.3, 0.4) is 0 Å². The SMILES string of the molecule is Cc1ccc2nc(CSc3nnnn3C3CC3)cn2c1. The summed E-state index contributed by atoms with van der Waals surface area (Å²) in [5, 5.41) is 12.8. The highest BCUT2D eigenvalue weighted by atomic mass is 32.2. The van der Waals surface area contributed by atoms with Crippen LogP contribution in [-0.4, -0.2) is 29.6 Å². The van der Waals surface area contributed by atoms with Crippen molar-refractivity contribution in [1.29, 1.82) is 0 Å². The molecule has 4 rings (SSSR count). The van der Waals surface area contributed by atoms with Gasteiger partial charge in [0.2, 0.25) is 5.16 Å². The van der Waals surface area contributed by atoms with Gasteiger partial charge in [-0.3, -0.25) is 0 Å². The molecule has 0 aliphatic heterocycles. The highest BCUT2D eigenvalue weighted by molar-refractivity contribution is 7.98. The molecule has 0 aromatic carbocycles. The molecule has 1 saturated carbocycles. The Morgan fingerprint density at radius 3 is 3.05 bits per heavy atom. The van der Waals surface area contributed by atoms with Crippen LogP contribution in [0.15, 0.2) is 29.7 Å². The van der Waals surface area contributed by atoms with Crippen molar-refractivity contribution in [1.82, 2.24) is 29.6 Å². The molecule has 1 aliphatic carbocycles. The normalized spacial score (nSPS) is 15.1. The average molecular weight is 286 g/mol. The van der Waals surface area contributed by atoms with Crippen molar-refractivity contribution >= 4 is 17.4 Å². The molecule has 0 radical (unpaired) electrons. The lowest BCUT2D eigenvalue weighted by atomic mass is 10.3. The number of tetrazole rings is 1. The summed E-state index contributed by atoms with van der Waals surface area (Å²) in [7, 11) is 0. The monoisotopic (exact) mass is 286 g/mol. The Morgan fingerprint density at radius 2 is 2.20 bits per heavy atom. The lowest BCUT2D eigenvalue weighted by molar-refractivity contribution is 0.565. The van der Waals surface area contributed by atoms with Gasteiger partial charge in [0.05, 0.1) is 11.7 Å². The van der Waals surface area contributed by atoms with Crippen LogP contribution in [0.2, 0.25) is 0 Å². The summed E-state index contributed by atoms with van der Waals surface area (Å²) in [5.74, 6) is 0.786. The summed E-state index contributed by atoms with van der Waals surface area (Å²) in [4.78, 5) is 4.61. The van der Waals surface area contributed by atoms with E-state index >= 15 is 0 Å². The van der Waals surface area contributed by atoms with E-state index in [1.54, 1.807) is 11.8 Å². The fourth-order valence-corrected chi connectivity index (χ4v) is 3.02. The van der Waals surface area contributed by atoms with E-state index in [1.807, 2.05) is 10.7 Å². The number of pyridine rings is 1. The van der Waals surface area contributed by atoms with Crippen LogP contribution in [0.4, 0.5) is 0 Å². The van der Waals surface area contributed by atoms with Crippen LogP contribution in [-0.2, 0) is 5.75 Å². The first-order valence-corrected chi connectivity index (χ1v) is 7.63. The predicted octanol–water partition coefficient (Wildman–Crippen LogP) is 2.26. The first-order valence-electron chi connectivity index (χ1n) is 6.64. The van der Waals surface area contributed by atoms with Crippen LogP contribution in [0, 0.1) is 6.92 Å². The standard InChI is InChI=1S/C13H14N6S/c1-9-2-5-12-14-10(7-18(12)6-9)8-20-13-15-16-17-19(13)11-3-4-11/h2,5-7,11H,3-4,8H2,1H3. The molecule has 0 saturated heterocycles. The van der Waals surface area contributed by atoms with Crippen LogP contribution in [0.1, 0.15) is 30.1 Å². The zero-order chi connectivity index (χ0) is 13.5. The first kappa shape index (κ1) is 11.9. The van der Waals surface area contributed by atoms with Crippen molar-refractivity contribution in [2.45, 2.75) is 36.7 Å². The molecule has 0 amide bonds. The maximum absolute atomic E-state index is 4.61. The van der Waals surface area contributed by atoms with Gasteiger partial charge < -0.3 is 4.40 Å². The second kappa shape index (κ2) is 4.59. The van der Waals surface area contributed by atoms with Crippen molar-refractivity contribution in [3.05, 3.63) is 35.8 Å². The number of rotatable bonds is 4. The molecule has 1 fully saturated rings. The van der Waals surface area contributed by atoms with Crippen molar-refractivity contribution in [2.24, 2.45) is 0 Å². The molecule has 0 unspecified atom stereocenters. The lowest BCUT2D eigenvalue weighted by Gasteiger charge is -1.99. The Bertz CT molecular complexity index is 757. The molecule has 3 aromatic rings. The Kier molecular flexibility index (Phi) is 2.73. The van der Waals surface area contributed by atoms with Crippen molar-refractivity contribution in [3.63, 3.8) is 0 Å². The van der Waals surface area contributed by atoms with Gasteiger partial charge >= 0.3 is 0 Å². The van der Waals surface area contributed by atoms with E-state index in [1.165, 1.54) is 18.4 Å². The molecule has 0 N–H and O–H groups in total. The zero-order valence-electron chi connectivity index (χ0n) is 11.1. The molecule has 20 heavy (non-hydrogen) atoms. The highest BCUT2D eigenvalue weighted by Crippen LogP contribution is 2.36. The topological polar surface area (TPSA) is 60.9 Å². The summed E-state index contributed by atoms with van der Waals surface area (Å²) in [6, 6.07) is 4.63. The third-order valence-electron chi connectivity index (χ3n) is 3.35. The van der Waals surface area contributed by atoms with Gasteiger partial charge in [0, 0.05) is 18.1 Å². The summed E-state index contributed by atoms with van der Waals surface area (Å²) in [6.07, 6.45) is 6.53. The maximum atomic E-state index is 4.61. The Labute approximate surface area is 120 Å². The smallest absolute Gasteiger partial charge is 0.209 e. The van der Waals surface area contributed by atoms with Gasteiger partial charge in [0.25, 0.3) is 0 Å². The molecule has 0 spiro atoms. The van der Waals surface area contributed by atoms with Crippen molar-refractivity contribution in [2.75, 3.05) is 0 Å². The zero-order valence-corrected chi connectivity index (χ0v) is 11.9. The highest BCUT2D eigenvalue weighted by Gasteiger charge is 2.27. The number of aromatic nitrogens is 6. The number of thioether (sulfide) groups is 1. The van der Waals surface area contributed by atoms with Crippen LogP contribution in [0.25, 0.3) is 5.65 Å². The lowest BCUT2D eigenvalue weighted by Crippen LogP contribution is -1.98. The largest absolute Gasteiger partial charge is 0.307 e. The molecule has 1 aliphatic rings. The second-order valence-electron chi connectivity index (χ2n) is 5.13. The van der Waals surface area contributed by atoms with Crippen LogP contribution < -0.4 is 0 Å². The van der Waals surface area contributed by atoms with Gasteiger partial charge in [-0.1, -0.05) is 17.8 Å². The van der Waals surface area contributed by atoms with Crippen LogP contribution >= 0.6 is 11.8 Å². The van der Waals surface area contributed by atoms with Gasteiger partial charge in [0.1, 0.15) is 5.65 Å². The summed E-state index contributed by atoms with van der Waals surface area (Å²) in [6.45, 7) is 2.08. The van der Waals surface area contributed by atoms with Gasteiger partial charge in [-0.2, -0.15) is 0 Å². The second-order valence-corrected chi connectivity index (χ2v) is 6.07. The van der Waals surface area contributed by atoms with E-state index in [-0.39, 0.29) is 0 Å². The fourth-order valence-electron chi connectivity index (χ4n) is 2.19. The van der Waals surface area contributed by atoms with E-state index < -0.39 is 0 Å². The van der Waals surface area contributed by atoms with Crippen molar-refractivity contribution in [3.8, 4) is 0 Å². The average Bonchev–Trinajstić information content (AvgIpc) is 3.03. The Hall–Kier alpha value is -1.89. The molecule has 0 atom stereocenters.